The lowest BCUT2D eigenvalue weighted by molar-refractivity contribution is 0.817. The maximum atomic E-state index is 4.15. The molecule has 0 bridgehead atoms. The lowest BCUT2D eigenvalue weighted by Crippen LogP contribution is -2.12. The Morgan fingerprint density at radius 3 is 3.50 bits per heavy atom. The summed E-state index contributed by atoms with van der Waals surface area (Å²) < 4.78 is 0. The van der Waals surface area contributed by atoms with Crippen molar-refractivity contribution in [1.82, 2.24) is 4.98 Å². The van der Waals surface area contributed by atoms with Crippen LogP contribution in [0.2, 0.25) is 0 Å². The molecule has 0 aliphatic carbocycles. The molecule has 0 spiro atoms. The van der Waals surface area contributed by atoms with Gasteiger partial charge in [-0.1, -0.05) is 0 Å². The highest BCUT2D eigenvalue weighted by Gasteiger charge is 2.06. The first-order valence-electron chi connectivity index (χ1n) is 3.55. The second kappa shape index (κ2) is 2.29. The van der Waals surface area contributed by atoms with Crippen LogP contribution in [0.5, 0.6) is 0 Å². The summed E-state index contributed by atoms with van der Waals surface area (Å²) in [6.45, 7) is 1.06. The molecule has 2 heterocycles. The molecule has 0 unspecified atom stereocenters. The van der Waals surface area contributed by atoms with Gasteiger partial charge in [0.05, 0.1) is 0 Å². The molecule has 0 fully saturated rings. The Kier molecular flexibility index (Phi) is 1.31. The maximum absolute atomic E-state index is 4.15. The normalized spacial score (nSPS) is 15.6. The predicted molar refractivity (Wildman–Crippen MR) is 39.9 cm³/mol. The van der Waals surface area contributed by atoms with Crippen LogP contribution in [0.25, 0.3) is 0 Å². The molecule has 0 amide bonds. The third kappa shape index (κ3) is 0.856. The second-order valence-corrected chi connectivity index (χ2v) is 2.47. The van der Waals surface area contributed by atoms with Gasteiger partial charge in [-0.15, -0.1) is 0 Å². The Morgan fingerprint density at radius 2 is 2.60 bits per heavy atom. The monoisotopic (exact) mass is 133 g/mol. The molecule has 0 saturated carbocycles. The first-order valence-corrected chi connectivity index (χ1v) is 3.55. The summed E-state index contributed by atoms with van der Waals surface area (Å²) in [7, 11) is 0. The summed E-state index contributed by atoms with van der Waals surface area (Å²) in [4.78, 5) is 4.15. The van der Waals surface area contributed by atoms with E-state index < -0.39 is 0 Å². The number of aryl methyl sites for hydroxylation is 1. The molecule has 1 aliphatic heterocycles. The van der Waals surface area contributed by atoms with E-state index in [9.17, 15) is 0 Å². The van der Waals surface area contributed by atoms with Crippen molar-refractivity contribution in [2.75, 3.05) is 11.9 Å². The van der Waals surface area contributed by atoms with Crippen molar-refractivity contribution in [3.05, 3.63) is 23.9 Å². The summed E-state index contributed by atoms with van der Waals surface area (Å²) in [6.07, 6.45) is 4.07. The minimum atomic E-state index is 1.05. The van der Waals surface area contributed by atoms with E-state index in [4.69, 9.17) is 0 Å². The molecular weight excluding hydrogens is 124 g/mol. The first kappa shape index (κ1) is 5.71. The molecule has 0 saturated heterocycles. The maximum Gasteiger partial charge on any atom is 0.129 e. The average molecular weight is 133 g/mol. The number of aromatic nitrogens is 1. The minimum Gasteiger partial charge on any atom is -0.370 e. The van der Waals surface area contributed by atoms with Gasteiger partial charge in [-0.05, 0) is 24.5 Å². The quantitative estimate of drug-likeness (QED) is 0.576. The number of fused-ring (bicyclic) bond motifs is 1. The Balaban J connectivity index is 2.41. The van der Waals surface area contributed by atoms with Crippen molar-refractivity contribution in [3.8, 4) is 0 Å². The van der Waals surface area contributed by atoms with Crippen molar-refractivity contribution in [2.45, 2.75) is 12.8 Å². The fourth-order valence-corrected chi connectivity index (χ4v) is 1.23. The Morgan fingerprint density at radius 1 is 1.60 bits per heavy atom. The lowest BCUT2D eigenvalue weighted by atomic mass is 10.1. The highest BCUT2D eigenvalue weighted by molar-refractivity contribution is 5.45. The van der Waals surface area contributed by atoms with Crippen LogP contribution >= 0.6 is 0 Å². The van der Waals surface area contributed by atoms with E-state index >= 15 is 0 Å². The number of hydrogen-bond acceptors (Lipinski definition) is 2. The number of nitrogens with one attached hydrogen (secondary N) is 1. The molecular formula is C8H9N2. The van der Waals surface area contributed by atoms with E-state index in [2.05, 4.69) is 16.4 Å². The smallest absolute Gasteiger partial charge is 0.129 e. The number of nitrogens with zero attached hydrogens (tertiary/aromatic N) is 1. The summed E-state index contributed by atoms with van der Waals surface area (Å²) in [6, 6.07) is 4.98. The van der Waals surface area contributed by atoms with Gasteiger partial charge in [-0.25, -0.2) is 4.98 Å². The van der Waals surface area contributed by atoms with Crippen LogP contribution in [0, 0.1) is 6.07 Å². The lowest BCUT2D eigenvalue weighted by Gasteiger charge is -2.15. The predicted octanol–water partition coefficient (Wildman–Crippen LogP) is 1.24. The SMILES string of the molecule is [c]1cnc2c(c1)CCCN2. The third-order valence-electron chi connectivity index (χ3n) is 1.75. The zero-order valence-corrected chi connectivity index (χ0v) is 5.72. The van der Waals surface area contributed by atoms with Crippen LogP contribution in [-0.2, 0) is 6.42 Å². The van der Waals surface area contributed by atoms with Gasteiger partial charge >= 0.3 is 0 Å². The van der Waals surface area contributed by atoms with Crippen LogP contribution in [0.15, 0.2) is 12.3 Å². The second-order valence-electron chi connectivity index (χ2n) is 2.47. The highest BCUT2D eigenvalue weighted by atomic mass is 15.0. The van der Waals surface area contributed by atoms with Crippen molar-refractivity contribution in [3.63, 3.8) is 0 Å². The summed E-state index contributed by atoms with van der Waals surface area (Å²) in [5, 5.41) is 3.23. The zero-order valence-electron chi connectivity index (χ0n) is 5.72. The van der Waals surface area contributed by atoms with E-state index in [1.807, 2.05) is 6.07 Å². The van der Waals surface area contributed by atoms with E-state index in [0.29, 0.717) is 0 Å². The number of rotatable bonds is 0. The molecule has 1 aromatic rings. The molecule has 51 valence electrons. The average Bonchev–Trinajstić information content (AvgIpc) is 2.05. The molecule has 10 heavy (non-hydrogen) atoms. The molecule has 1 N–H and O–H groups in total. The summed E-state index contributed by atoms with van der Waals surface area (Å²) in [5.41, 5.74) is 1.30. The molecule has 1 radical (unpaired) electrons. The van der Waals surface area contributed by atoms with Gasteiger partial charge in [0.15, 0.2) is 0 Å². The van der Waals surface area contributed by atoms with Crippen LogP contribution in [0.1, 0.15) is 12.0 Å². The number of pyridine rings is 1. The van der Waals surface area contributed by atoms with Crippen molar-refractivity contribution in [2.24, 2.45) is 0 Å². The third-order valence-corrected chi connectivity index (χ3v) is 1.75. The molecule has 1 aliphatic rings. The molecule has 1 aromatic heterocycles. The Bertz CT molecular complexity index is 207. The fourth-order valence-electron chi connectivity index (χ4n) is 1.23. The topological polar surface area (TPSA) is 24.9 Å². The van der Waals surface area contributed by atoms with Crippen molar-refractivity contribution < 1.29 is 0 Å². The van der Waals surface area contributed by atoms with Gasteiger partial charge in [0.1, 0.15) is 5.82 Å². The van der Waals surface area contributed by atoms with Gasteiger partial charge in [-0.3, -0.25) is 0 Å². The highest BCUT2D eigenvalue weighted by Crippen LogP contribution is 2.16. The zero-order chi connectivity index (χ0) is 6.81. The number of anilines is 1. The van der Waals surface area contributed by atoms with Gasteiger partial charge < -0.3 is 5.32 Å². The summed E-state index contributed by atoms with van der Waals surface area (Å²) in [5.74, 6) is 1.05. The van der Waals surface area contributed by atoms with Gasteiger partial charge in [-0.2, -0.15) is 0 Å². The Hall–Kier alpha value is -1.05. The van der Waals surface area contributed by atoms with E-state index in [-0.39, 0.29) is 0 Å². The molecule has 2 rings (SSSR count). The van der Waals surface area contributed by atoms with E-state index in [1.54, 1.807) is 6.20 Å². The molecule has 0 aromatic carbocycles. The Labute approximate surface area is 60.3 Å². The standard InChI is InChI=1S/C8H9N2/c1-3-7-4-2-6-10-8(7)9-5-1/h4,6H,1,3,5H2,(H,9,10). The minimum absolute atomic E-state index is 1.05. The van der Waals surface area contributed by atoms with Crippen LogP contribution in [0.3, 0.4) is 0 Å². The molecule has 2 heteroatoms. The van der Waals surface area contributed by atoms with E-state index in [0.717, 1.165) is 18.8 Å². The van der Waals surface area contributed by atoms with Gasteiger partial charge in [0.2, 0.25) is 0 Å². The van der Waals surface area contributed by atoms with Crippen LogP contribution in [-0.4, -0.2) is 11.5 Å². The van der Waals surface area contributed by atoms with Crippen LogP contribution in [0.4, 0.5) is 5.82 Å². The van der Waals surface area contributed by atoms with Gasteiger partial charge in [0.25, 0.3) is 0 Å². The van der Waals surface area contributed by atoms with Crippen molar-refractivity contribution >= 4 is 5.82 Å². The fraction of sp³-hybridized carbons (Fsp3) is 0.375. The molecule has 0 atom stereocenters. The molecule has 2 nitrogen and oxygen atoms in total. The number of hydrogen-bond donors (Lipinski definition) is 1. The largest absolute Gasteiger partial charge is 0.370 e. The first-order chi connectivity index (χ1) is 4.97. The van der Waals surface area contributed by atoms with Crippen molar-refractivity contribution in [1.29, 1.82) is 0 Å². The van der Waals surface area contributed by atoms with Gasteiger partial charge in [0, 0.05) is 18.8 Å². The van der Waals surface area contributed by atoms with Crippen LogP contribution < -0.4 is 5.32 Å². The van der Waals surface area contributed by atoms with E-state index in [1.165, 1.54) is 12.0 Å². The summed E-state index contributed by atoms with van der Waals surface area (Å²) >= 11 is 0.